The van der Waals surface area contributed by atoms with Crippen molar-refractivity contribution < 1.29 is 0 Å². The number of rotatable bonds is 6. The maximum Gasteiger partial charge on any atom is 0.0540 e. The smallest absolute Gasteiger partial charge is 0.0540 e. The average Bonchev–Trinajstić information content (AvgIpc) is 3.68. The lowest BCUT2D eigenvalue weighted by Crippen LogP contribution is -2.23. The number of para-hydroxylation sites is 1. The number of anilines is 3. The maximum atomic E-state index is 2.54. The van der Waals surface area contributed by atoms with Gasteiger partial charge in [0.2, 0.25) is 0 Å². The molecule has 58 heavy (non-hydrogen) atoms. The fourth-order valence-electron chi connectivity index (χ4n) is 10.6. The van der Waals surface area contributed by atoms with Crippen LogP contribution in [0.25, 0.3) is 49.7 Å². The summed E-state index contributed by atoms with van der Waals surface area (Å²) in [6.45, 7) is 7.23. The molecule has 3 aliphatic rings. The Morgan fingerprint density at radius 3 is 1.84 bits per heavy atom. The summed E-state index contributed by atoms with van der Waals surface area (Å²) in [6, 6.07) is 67.9. The molecule has 0 heterocycles. The third kappa shape index (κ3) is 5.09. The number of allylic oxidation sites excluding steroid dienone is 4. The van der Waals surface area contributed by atoms with Gasteiger partial charge >= 0.3 is 0 Å². The van der Waals surface area contributed by atoms with Crippen LogP contribution in [-0.2, 0) is 10.8 Å². The third-order valence-corrected chi connectivity index (χ3v) is 13.4. The van der Waals surface area contributed by atoms with Gasteiger partial charge < -0.3 is 4.90 Å². The molecule has 11 rings (SSSR count). The molecule has 0 spiro atoms. The van der Waals surface area contributed by atoms with Crippen molar-refractivity contribution in [3.05, 3.63) is 228 Å². The van der Waals surface area contributed by atoms with Crippen LogP contribution in [0, 0.1) is 0 Å². The van der Waals surface area contributed by atoms with Gasteiger partial charge in [0.1, 0.15) is 0 Å². The Labute approximate surface area is 342 Å². The highest BCUT2D eigenvalue weighted by Gasteiger charge is 2.42. The zero-order chi connectivity index (χ0) is 39.0. The van der Waals surface area contributed by atoms with Gasteiger partial charge in [-0.3, -0.25) is 0 Å². The van der Waals surface area contributed by atoms with Crippen molar-refractivity contribution in [2.24, 2.45) is 0 Å². The zero-order valence-electron chi connectivity index (χ0n) is 33.3. The molecule has 1 unspecified atom stereocenters. The summed E-state index contributed by atoms with van der Waals surface area (Å²) in [6.07, 6.45) is 6.95. The molecule has 8 aromatic rings. The van der Waals surface area contributed by atoms with Crippen molar-refractivity contribution in [3.63, 3.8) is 0 Å². The van der Waals surface area contributed by atoms with E-state index in [-0.39, 0.29) is 10.8 Å². The number of hydrogen-bond acceptors (Lipinski definition) is 1. The van der Waals surface area contributed by atoms with Crippen molar-refractivity contribution in [2.75, 3.05) is 4.90 Å². The van der Waals surface area contributed by atoms with Crippen LogP contribution in [0.1, 0.15) is 61.4 Å². The van der Waals surface area contributed by atoms with Crippen molar-refractivity contribution in [3.8, 4) is 33.4 Å². The van der Waals surface area contributed by atoms with E-state index in [4.69, 9.17) is 0 Å². The van der Waals surface area contributed by atoms with Gasteiger partial charge in [0.25, 0.3) is 0 Å². The number of hydrogen-bond donors (Lipinski definition) is 0. The first-order chi connectivity index (χ1) is 28.4. The first kappa shape index (κ1) is 34.5. The van der Waals surface area contributed by atoms with Crippen LogP contribution < -0.4 is 4.90 Å². The summed E-state index contributed by atoms with van der Waals surface area (Å²) in [5.41, 5.74) is 20.4. The molecule has 0 saturated carbocycles. The van der Waals surface area contributed by atoms with Crippen LogP contribution in [0.5, 0.6) is 0 Å². The Bertz CT molecular complexity index is 2980. The lowest BCUT2D eigenvalue weighted by atomic mass is 9.74. The van der Waals surface area contributed by atoms with Crippen LogP contribution in [0.2, 0.25) is 0 Å². The van der Waals surface area contributed by atoms with E-state index in [1.165, 1.54) is 88.8 Å². The second kappa shape index (κ2) is 13.2. The molecular formula is C57H45N. The molecule has 0 aliphatic heterocycles. The molecule has 0 bridgehead atoms. The van der Waals surface area contributed by atoms with Gasteiger partial charge in [0.15, 0.2) is 0 Å². The van der Waals surface area contributed by atoms with E-state index < -0.39 is 0 Å². The van der Waals surface area contributed by atoms with Crippen LogP contribution in [0.15, 0.2) is 200 Å². The van der Waals surface area contributed by atoms with Gasteiger partial charge in [0, 0.05) is 27.8 Å². The third-order valence-electron chi connectivity index (χ3n) is 13.4. The first-order valence-corrected chi connectivity index (χ1v) is 20.7. The maximum absolute atomic E-state index is 2.54. The molecule has 1 atom stereocenters. The predicted molar refractivity (Wildman–Crippen MR) is 245 cm³/mol. The second-order valence-corrected chi connectivity index (χ2v) is 16.9. The SMILES string of the molecule is CC1(C)C2=C(CCC=C2)c2ccc(N(c3ccc4c(c3)C(C)(c3ccccc3)c3ccccc3-4)c3ccccc3-c3cccc4cccc(-c5ccccc5)c34)cc21. The Hall–Kier alpha value is -6.70. The summed E-state index contributed by atoms with van der Waals surface area (Å²) >= 11 is 0. The molecule has 1 heteroatoms. The van der Waals surface area contributed by atoms with Crippen LogP contribution in [-0.4, -0.2) is 0 Å². The molecule has 8 aromatic carbocycles. The lowest BCUT2D eigenvalue weighted by molar-refractivity contribution is 0.651. The molecule has 3 aliphatic carbocycles. The quantitative estimate of drug-likeness (QED) is 0.164. The Morgan fingerprint density at radius 2 is 1.07 bits per heavy atom. The van der Waals surface area contributed by atoms with Crippen molar-refractivity contribution in [2.45, 2.75) is 44.4 Å². The van der Waals surface area contributed by atoms with Gasteiger partial charge in [-0.15, -0.1) is 0 Å². The normalized spacial score (nSPS) is 17.2. The van der Waals surface area contributed by atoms with Crippen LogP contribution in [0.3, 0.4) is 0 Å². The highest BCUT2D eigenvalue weighted by Crippen LogP contribution is 2.56. The standard InChI is InChI=1S/C57H45N/c1-56(2)50-29-13-10-24-44(50)46-34-32-41(36-52(46)56)58(42-33-35-47-45-25-11-14-30-51(45)57(3,53(47)37-42)40-22-8-5-9-23-40)54-31-15-12-26-48(54)49-28-17-21-39-20-16-27-43(55(39)49)38-18-6-4-7-19-38/h4-9,11-23,25-37H,10,24H2,1-3H3. The minimum absolute atomic E-state index is 0.0888. The van der Waals surface area contributed by atoms with Crippen molar-refractivity contribution in [1.82, 2.24) is 0 Å². The monoisotopic (exact) mass is 743 g/mol. The Kier molecular flexibility index (Phi) is 7.85. The molecule has 0 aromatic heterocycles. The molecule has 0 fully saturated rings. The van der Waals surface area contributed by atoms with Gasteiger partial charge in [-0.2, -0.15) is 0 Å². The first-order valence-electron chi connectivity index (χ1n) is 20.7. The van der Waals surface area contributed by atoms with E-state index in [2.05, 4.69) is 220 Å². The van der Waals surface area contributed by atoms with E-state index in [1.54, 1.807) is 0 Å². The van der Waals surface area contributed by atoms with E-state index in [1.807, 2.05) is 0 Å². The average molecular weight is 744 g/mol. The topological polar surface area (TPSA) is 3.24 Å². The summed E-state index contributed by atoms with van der Waals surface area (Å²) in [5, 5.41) is 2.50. The van der Waals surface area contributed by atoms with Gasteiger partial charge in [-0.1, -0.05) is 178 Å². The van der Waals surface area contributed by atoms with E-state index >= 15 is 0 Å². The van der Waals surface area contributed by atoms with Crippen molar-refractivity contribution >= 4 is 33.4 Å². The van der Waals surface area contributed by atoms with Crippen LogP contribution in [0.4, 0.5) is 17.1 Å². The van der Waals surface area contributed by atoms with Gasteiger partial charge in [-0.25, -0.2) is 0 Å². The fourth-order valence-corrected chi connectivity index (χ4v) is 10.6. The van der Waals surface area contributed by atoms with Crippen LogP contribution >= 0.6 is 0 Å². The Morgan fingerprint density at radius 1 is 0.466 bits per heavy atom. The summed E-state index contributed by atoms with van der Waals surface area (Å²) in [5.74, 6) is 0. The highest BCUT2D eigenvalue weighted by molar-refractivity contribution is 6.09. The number of fused-ring (bicyclic) bond motifs is 6. The van der Waals surface area contributed by atoms with Crippen molar-refractivity contribution in [1.29, 1.82) is 0 Å². The lowest BCUT2D eigenvalue weighted by Gasteiger charge is -2.32. The molecule has 0 radical (unpaired) electrons. The molecule has 0 N–H and O–H groups in total. The summed E-state index contributed by atoms with van der Waals surface area (Å²) in [4.78, 5) is 2.54. The van der Waals surface area contributed by atoms with E-state index in [9.17, 15) is 0 Å². The highest BCUT2D eigenvalue weighted by atomic mass is 15.1. The van der Waals surface area contributed by atoms with Gasteiger partial charge in [-0.05, 0) is 128 Å². The minimum Gasteiger partial charge on any atom is -0.310 e. The zero-order valence-corrected chi connectivity index (χ0v) is 33.3. The summed E-state index contributed by atoms with van der Waals surface area (Å²) in [7, 11) is 0. The molecule has 0 amide bonds. The van der Waals surface area contributed by atoms with E-state index in [0.717, 1.165) is 24.2 Å². The Balaban J connectivity index is 1.17. The fraction of sp³-hybridized carbons (Fsp3) is 0.123. The largest absolute Gasteiger partial charge is 0.310 e. The molecule has 278 valence electrons. The minimum atomic E-state index is -0.316. The number of nitrogens with zero attached hydrogens (tertiary/aromatic N) is 1. The number of benzene rings is 8. The predicted octanol–water partition coefficient (Wildman–Crippen LogP) is 15.4. The van der Waals surface area contributed by atoms with E-state index in [0.29, 0.717) is 0 Å². The molecule has 1 nitrogen and oxygen atoms in total. The molecule has 0 saturated heterocycles. The summed E-state index contributed by atoms with van der Waals surface area (Å²) < 4.78 is 0. The molecular weight excluding hydrogens is 699 g/mol. The van der Waals surface area contributed by atoms with Gasteiger partial charge in [0.05, 0.1) is 5.69 Å². The second-order valence-electron chi connectivity index (χ2n) is 16.9.